The molecule has 1 aromatic rings. The minimum atomic E-state index is -0.0350. The van der Waals surface area contributed by atoms with E-state index in [2.05, 4.69) is 12.0 Å². The normalized spacial score (nSPS) is 10.8. The molecule has 4 heteroatoms. The van der Waals surface area contributed by atoms with Gasteiger partial charge in [-0.05, 0) is 24.1 Å². The minimum Gasteiger partial charge on any atom is -0.383 e. The van der Waals surface area contributed by atoms with Crippen LogP contribution < -0.4 is 10.6 Å². The van der Waals surface area contributed by atoms with Crippen molar-refractivity contribution in [2.45, 2.75) is 0 Å². The van der Waals surface area contributed by atoms with E-state index in [1.165, 1.54) is 5.30 Å². The maximum Gasteiger partial charge on any atom is 0.251 e. The fourth-order valence-electron chi connectivity index (χ4n) is 1.18. The van der Waals surface area contributed by atoms with Gasteiger partial charge in [-0.25, -0.2) is 0 Å². The van der Waals surface area contributed by atoms with Gasteiger partial charge < -0.3 is 10.1 Å². The predicted molar refractivity (Wildman–Crippen MR) is 64.5 cm³/mol. The van der Waals surface area contributed by atoms with Crippen molar-refractivity contribution in [1.29, 1.82) is 0 Å². The highest BCUT2D eigenvalue weighted by Gasteiger charge is 2.04. The molecule has 0 spiro atoms. The van der Waals surface area contributed by atoms with Gasteiger partial charge in [0.1, 0.15) is 0 Å². The first-order chi connectivity index (χ1) is 7.27. The molecule has 0 aliphatic rings. The molecule has 0 heterocycles. The summed E-state index contributed by atoms with van der Waals surface area (Å²) in [5, 5.41) is 3.99. The number of amides is 1. The second-order valence-corrected chi connectivity index (χ2v) is 4.16. The van der Waals surface area contributed by atoms with Crippen molar-refractivity contribution in [2.75, 3.05) is 26.9 Å². The Labute approximate surface area is 92.0 Å². The van der Waals surface area contributed by atoms with Crippen molar-refractivity contribution in [3.63, 3.8) is 0 Å². The van der Waals surface area contributed by atoms with Crippen LogP contribution in [0.3, 0.4) is 0 Å². The number of carbonyl (C=O) groups is 1. The predicted octanol–water partition coefficient (Wildman–Crippen LogP) is 0.996. The zero-order chi connectivity index (χ0) is 11.1. The van der Waals surface area contributed by atoms with Crippen LogP contribution in [0.15, 0.2) is 24.3 Å². The van der Waals surface area contributed by atoms with E-state index in [1.807, 2.05) is 24.3 Å². The number of rotatable bonds is 5. The van der Waals surface area contributed by atoms with Crippen LogP contribution in [0.5, 0.6) is 0 Å². The molecule has 0 saturated carbocycles. The molecule has 0 aromatic heterocycles. The van der Waals surface area contributed by atoms with Crippen molar-refractivity contribution in [3.8, 4) is 0 Å². The maximum atomic E-state index is 11.6. The number of carbonyl (C=O) groups excluding carboxylic acids is 1. The number of methoxy groups -OCH3 is 1. The third kappa shape index (κ3) is 3.98. The summed E-state index contributed by atoms with van der Waals surface area (Å²) in [5.74, 6) is -0.0350. The van der Waals surface area contributed by atoms with Gasteiger partial charge in [0, 0.05) is 19.2 Å². The topological polar surface area (TPSA) is 38.3 Å². The van der Waals surface area contributed by atoms with Gasteiger partial charge in [0.25, 0.3) is 5.91 Å². The van der Waals surface area contributed by atoms with Gasteiger partial charge in [0.05, 0.1) is 6.61 Å². The van der Waals surface area contributed by atoms with Gasteiger partial charge >= 0.3 is 0 Å². The van der Waals surface area contributed by atoms with Crippen LogP contribution in [-0.2, 0) is 4.74 Å². The molecule has 3 nitrogen and oxygen atoms in total. The zero-order valence-corrected chi connectivity index (χ0v) is 10.0. The first-order valence-corrected chi connectivity index (χ1v) is 6.33. The molecule has 0 radical (unpaired) electrons. The molecule has 1 N–H and O–H groups in total. The fraction of sp³-hybridized carbons (Fsp3) is 0.364. The van der Waals surface area contributed by atoms with E-state index < -0.39 is 0 Å². The Balaban J connectivity index is 2.57. The average molecular weight is 225 g/mol. The van der Waals surface area contributed by atoms with Gasteiger partial charge in [-0.1, -0.05) is 20.7 Å². The van der Waals surface area contributed by atoms with Gasteiger partial charge in [-0.3, -0.25) is 4.79 Å². The van der Waals surface area contributed by atoms with E-state index in [-0.39, 0.29) is 5.91 Å². The summed E-state index contributed by atoms with van der Waals surface area (Å²) in [6.45, 7) is 3.19. The maximum absolute atomic E-state index is 11.6. The highest BCUT2D eigenvalue weighted by Crippen LogP contribution is 2.06. The fourth-order valence-corrected chi connectivity index (χ4v) is 1.75. The Bertz CT molecular complexity index is 328. The lowest BCUT2D eigenvalue weighted by Gasteiger charge is -2.05. The molecule has 1 aromatic carbocycles. The standard InChI is InChI=1S/C11H16NO2P/c1-14-7-6-12-11(13)9-4-3-5-10(8-9)15-2/h3-5,8,15H,6-7H2,1-2H3,(H,12,13). The van der Waals surface area contributed by atoms with E-state index in [9.17, 15) is 4.79 Å². The Morgan fingerprint density at radius 3 is 3.00 bits per heavy atom. The summed E-state index contributed by atoms with van der Waals surface area (Å²) in [6, 6.07) is 7.70. The van der Waals surface area contributed by atoms with Gasteiger partial charge in [0.2, 0.25) is 0 Å². The third-order valence-electron chi connectivity index (χ3n) is 2.01. The van der Waals surface area contributed by atoms with Crippen molar-refractivity contribution < 1.29 is 9.53 Å². The van der Waals surface area contributed by atoms with Crippen LogP contribution in [-0.4, -0.2) is 32.8 Å². The minimum absolute atomic E-state index is 0.0350. The first kappa shape index (κ1) is 12.2. The smallest absolute Gasteiger partial charge is 0.251 e. The lowest BCUT2D eigenvalue weighted by atomic mass is 10.2. The molecule has 0 fully saturated rings. The molecule has 1 unspecified atom stereocenters. The quantitative estimate of drug-likeness (QED) is 0.599. The number of hydrogen-bond acceptors (Lipinski definition) is 2. The Hall–Kier alpha value is -0.920. The number of ether oxygens (including phenoxy) is 1. The van der Waals surface area contributed by atoms with Crippen molar-refractivity contribution >= 4 is 19.8 Å². The van der Waals surface area contributed by atoms with Crippen LogP contribution in [0.1, 0.15) is 10.4 Å². The van der Waals surface area contributed by atoms with Crippen LogP contribution >= 0.6 is 8.58 Å². The summed E-state index contributed by atoms with van der Waals surface area (Å²) < 4.78 is 4.86. The van der Waals surface area contributed by atoms with Crippen LogP contribution in [0.2, 0.25) is 0 Å². The third-order valence-corrected chi connectivity index (χ3v) is 2.89. The van der Waals surface area contributed by atoms with E-state index in [0.717, 1.165) is 5.56 Å². The molecule has 0 bridgehead atoms. The molecular weight excluding hydrogens is 209 g/mol. The van der Waals surface area contributed by atoms with Crippen molar-refractivity contribution in [2.24, 2.45) is 0 Å². The van der Waals surface area contributed by atoms with Crippen LogP contribution in [0, 0.1) is 0 Å². The number of benzene rings is 1. The van der Waals surface area contributed by atoms with Crippen LogP contribution in [0.25, 0.3) is 0 Å². The average Bonchev–Trinajstić information content (AvgIpc) is 2.29. The highest BCUT2D eigenvalue weighted by molar-refractivity contribution is 7.46. The summed E-state index contributed by atoms with van der Waals surface area (Å²) >= 11 is 0. The summed E-state index contributed by atoms with van der Waals surface area (Å²) in [6.07, 6.45) is 0. The Morgan fingerprint density at radius 1 is 1.53 bits per heavy atom. The lowest BCUT2D eigenvalue weighted by molar-refractivity contribution is 0.0937. The molecule has 0 saturated heterocycles. The van der Waals surface area contributed by atoms with E-state index in [4.69, 9.17) is 4.74 Å². The molecule has 0 aliphatic heterocycles. The monoisotopic (exact) mass is 225 g/mol. The summed E-state index contributed by atoms with van der Waals surface area (Å²) in [5.41, 5.74) is 0.720. The van der Waals surface area contributed by atoms with Crippen molar-refractivity contribution in [3.05, 3.63) is 29.8 Å². The number of hydrogen-bond donors (Lipinski definition) is 1. The van der Waals surface area contributed by atoms with Crippen LogP contribution in [0.4, 0.5) is 0 Å². The van der Waals surface area contributed by atoms with Crippen molar-refractivity contribution in [1.82, 2.24) is 5.32 Å². The van der Waals surface area contributed by atoms with Gasteiger partial charge in [0.15, 0.2) is 0 Å². The molecule has 82 valence electrons. The summed E-state index contributed by atoms with van der Waals surface area (Å²) in [7, 11) is 2.33. The Kier molecular flexibility index (Phi) is 5.30. The lowest BCUT2D eigenvalue weighted by Crippen LogP contribution is -2.27. The molecule has 15 heavy (non-hydrogen) atoms. The van der Waals surface area contributed by atoms with Gasteiger partial charge in [-0.15, -0.1) is 0 Å². The highest BCUT2D eigenvalue weighted by atomic mass is 31.1. The summed E-state index contributed by atoms with van der Waals surface area (Å²) in [4.78, 5) is 11.6. The van der Waals surface area contributed by atoms with Gasteiger partial charge in [-0.2, -0.15) is 0 Å². The van der Waals surface area contributed by atoms with E-state index >= 15 is 0 Å². The molecule has 0 aliphatic carbocycles. The second-order valence-electron chi connectivity index (χ2n) is 3.08. The van der Waals surface area contributed by atoms with E-state index in [1.54, 1.807) is 7.11 Å². The molecule has 1 atom stereocenters. The second kappa shape index (κ2) is 6.54. The molecule has 1 amide bonds. The molecule has 1 rings (SSSR count). The zero-order valence-electron chi connectivity index (χ0n) is 9.04. The largest absolute Gasteiger partial charge is 0.383 e. The Morgan fingerprint density at radius 2 is 2.33 bits per heavy atom. The first-order valence-electron chi connectivity index (χ1n) is 4.83. The molecular formula is C11H16NO2P. The number of nitrogens with one attached hydrogen (secondary N) is 1. The van der Waals surface area contributed by atoms with E-state index in [0.29, 0.717) is 21.7 Å². The SMILES string of the molecule is COCCNC(=O)c1cccc(PC)c1.